The van der Waals surface area contributed by atoms with E-state index in [1.165, 1.54) is 83.7 Å². The summed E-state index contributed by atoms with van der Waals surface area (Å²) in [7, 11) is -1.73. The van der Waals surface area contributed by atoms with Crippen molar-refractivity contribution in [2.75, 3.05) is 6.16 Å². The highest BCUT2D eigenvalue weighted by Crippen LogP contribution is 2.56. The standard InChI is InChI=1S/C46H48P/c1(2-4-24-38-46(40-26-12-6-13-27-40,41-28-14-7-15-29-41)42-30-16-8-17-31-42)3-5-25-39-47(43-32-18-9-19-33-43,44-34-20-10-21-35-44)45-36-22-11-23-37-45/h6-23,26-37H,1-5,24-25,38-39H2/q+1. The highest BCUT2D eigenvalue weighted by Gasteiger charge is 2.44. The highest BCUT2D eigenvalue weighted by molar-refractivity contribution is 7.95. The predicted molar refractivity (Wildman–Crippen MR) is 206 cm³/mol. The summed E-state index contributed by atoms with van der Waals surface area (Å²) in [6.45, 7) is 0. The maximum Gasteiger partial charge on any atom is 0.112 e. The summed E-state index contributed by atoms with van der Waals surface area (Å²) in [6.07, 6.45) is 11.3. The number of hydrogen-bond acceptors (Lipinski definition) is 0. The van der Waals surface area contributed by atoms with E-state index in [2.05, 4.69) is 182 Å². The molecule has 236 valence electrons. The van der Waals surface area contributed by atoms with Crippen LogP contribution in [0, 0.1) is 0 Å². The third-order valence-corrected chi connectivity index (χ3v) is 14.5. The smallest absolute Gasteiger partial charge is 0.0622 e. The van der Waals surface area contributed by atoms with E-state index < -0.39 is 7.26 Å². The van der Waals surface area contributed by atoms with Crippen LogP contribution >= 0.6 is 7.26 Å². The van der Waals surface area contributed by atoms with Gasteiger partial charge in [0.1, 0.15) is 23.2 Å². The topological polar surface area (TPSA) is 0 Å². The van der Waals surface area contributed by atoms with Crippen molar-refractivity contribution in [1.82, 2.24) is 0 Å². The third-order valence-electron chi connectivity index (χ3n) is 9.94. The number of unbranched alkanes of at least 4 members (excludes halogenated alkanes) is 6. The molecule has 0 spiro atoms. The van der Waals surface area contributed by atoms with Crippen molar-refractivity contribution in [3.05, 3.63) is 199 Å². The normalized spacial score (nSPS) is 11.7. The SMILES string of the molecule is c1ccc(C(CCCCCCCCC[P+](c2ccccc2)(c2ccccc2)c2ccccc2)(c2ccccc2)c2ccccc2)cc1. The van der Waals surface area contributed by atoms with Crippen LogP contribution in [0.3, 0.4) is 0 Å². The second kappa shape index (κ2) is 16.5. The largest absolute Gasteiger partial charge is 0.112 e. The van der Waals surface area contributed by atoms with E-state index >= 15 is 0 Å². The van der Waals surface area contributed by atoms with Gasteiger partial charge in [0.05, 0.1) is 6.16 Å². The van der Waals surface area contributed by atoms with Crippen molar-refractivity contribution < 1.29 is 0 Å². The minimum absolute atomic E-state index is 0.136. The van der Waals surface area contributed by atoms with E-state index in [1.807, 2.05) is 0 Å². The molecule has 0 bridgehead atoms. The molecule has 6 rings (SSSR count). The summed E-state index contributed by atoms with van der Waals surface area (Å²) < 4.78 is 0. The Bertz CT molecular complexity index is 1390. The lowest BCUT2D eigenvalue weighted by atomic mass is 9.66. The molecule has 0 unspecified atom stereocenters. The molecule has 6 aromatic rings. The lowest BCUT2D eigenvalue weighted by Crippen LogP contribution is -2.33. The van der Waals surface area contributed by atoms with E-state index in [0.717, 1.165) is 6.42 Å². The number of rotatable bonds is 16. The van der Waals surface area contributed by atoms with Gasteiger partial charge in [-0.05, 0) is 72.4 Å². The zero-order valence-corrected chi connectivity index (χ0v) is 28.5. The Morgan fingerprint density at radius 1 is 0.298 bits per heavy atom. The molecule has 0 aliphatic rings. The van der Waals surface area contributed by atoms with Gasteiger partial charge >= 0.3 is 0 Å². The molecule has 47 heavy (non-hydrogen) atoms. The predicted octanol–water partition coefficient (Wildman–Crippen LogP) is 11.1. The summed E-state index contributed by atoms with van der Waals surface area (Å²) in [5.74, 6) is 0. The van der Waals surface area contributed by atoms with Crippen molar-refractivity contribution in [1.29, 1.82) is 0 Å². The van der Waals surface area contributed by atoms with Crippen molar-refractivity contribution in [3.63, 3.8) is 0 Å². The Kier molecular flexibility index (Phi) is 11.5. The Labute approximate surface area is 283 Å². The number of benzene rings is 6. The molecule has 0 N–H and O–H groups in total. The van der Waals surface area contributed by atoms with Gasteiger partial charge in [0.15, 0.2) is 0 Å². The van der Waals surface area contributed by atoms with Crippen LogP contribution < -0.4 is 15.9 Å². The molecule has 0 aliphatic carbocycles. The molecular formula is C46H48P+. The van der Waals surface area contributed by atoms with Gasteiger partial charge in [-0.15, -0.1) is 0 Å². The molecule has 0 radical (unpaired) electrons. The van der Waals surface area contributed by atoms with Crippen LogP contribution in [0.1, 0.15) is 68.1 Å². The van der Waals surface area contributed by atoms with E-state index in [1.54, 1.807) is 0 Å². The van der Waals surface area contributed by atoms with Crippen LogP contribution in [0.25, 0.3) is 0 Å². The lowest BCUT2D eigenvalue weighted by Gasteiger charge is -2.36. The monoisotopic (exact) mass is 631 g/mol. The molecule has 0 nitrogen and oxygen atoms in total. The van der Waals surface area contributed by atoms with Crippen LogP contribution in [0.5, 0.6) is 0 Å². The zero-order valence-electron chi connectivity index (χ0n) is 27.6. The minimum atomic E-state index is -1.73. The first-order chi connectivity index (χ1) is 23.3. The van der Waals surface area contributed by atoms with Gasteiger partial charge in [-0.25, -0.2) is 0 Å². The van der Waals surface area contributed by atoms with Gasteiger partial charge < -0.3 is 0 Å². The van der Waals surface area contributed by atoms with Gasteiger partial charge in [-0.1, -0.05) is 178 Å². The van der Waals surface area contributed by atoms with Gasteiger partial charge in [-0.2, -0.15) is 0 Å². The Hall–Kier alpha value is -4.25. The Balaban J connectivity index is 1.09. The average Bonchev–Trinajstić information content (AvgIpc) is 3.16. The lowest BCUT2D eigenvalue weighted by molar-refractivity contribution is 0.496. The van der Waals surface area contributed by atoms with Crippen LogP contribution in [0.2, 0.25) is 0 Å². The molecule has 0 saturated heterocycles. The summed E-state index contributed by atoms with van der Waals surface area (Å²) in [5.41, 5.74) is 4.03. The second-order valence-corrected chi connectivity index (χ2v) is 16.4. The van der Waals surface area contributed by atoms with E-state index in [-0.39, 0.29) is 5.41 Å². The fourth-order valence-corrected chi connectivity index (χ4v) is 12.0. The summed E-state index contributed by atoms with van der Waals surface area (Å²) >= 11 is 0. The quantitative estimate of drug-likeness (QED) is 0.0566. The molecule has 0 atom stereocenters. The van der Waals surface area contributed by atoms with Crippen LogP contribution in [0.15, 0.2) is 182 Å². The van der Waals surface area contributed by atoms with Crippen molar-refractivity contribution in [3.8, 4) is 0 Å². The molecule has 0 aliphatic heterocycles. The minimum Gasteiger partial charge on any atom is -0.0622 e. The fraction of sp³-hybridized carbons (Fsp3) is 0.217. The first-order valence-corrected chi connectivity index (χ1v) is 19.5. The summed E-state index contributed by atoms with van der Waals surface area (Å²) in [4.78, 5) is 0. The molecule has 0 fully saturated rings. The molecule has 0 heterocycles. The average molecular weight is 632 g/mol. The van der Waals surface area contributed by atoms with Crippen molar-refractivity contribution in [2.45, 2.75) is 56.8 Å². The van der Waals surface area contributed by atoms with Crippen LogP contribution in [-0.2, 0) is 5.41 Å². The molecule has 0 saturated carbocycles. The van der Waals surface area contributed by atoms with Crippen LogP contribution in [0.4, 0.5) is 0 Å². The fourth-order valence-electron chi connectivity index (χ4n) is 7.61. The molecule has 0 aromatic heterocycles. The first-order valence-electron chi connectivity index (χ1n) is 17.6. The van der Waals surface area contributed by atoms with Crippen LogP contribution in [-0.4, -0.2) is 6.16 Å². The summed E-state index contributed by atoms with van der Waals surface area (Å²) in [6, 6.07) is 67.5. The third kappa shape index (κ3) is 7.51. The van der Waals surface area contributed by atoms with E-state index in [0.29, 0.717) is 0 Å². The van der Waals surface area contributed by atoms with Crippen molar-refractivity contribution in [2.24, 2.45) is 0 Å². The Morgan fingerprint density at radius 3 is 0.915 bits per heavy atom. The van der Waals surface area contributed by atoms with Gasteiger partial charge in [0.25, 0.3) is 0 Å². The van der Waals surface area contributed by atoms with Gasteiger partial charge in [0.2, 0.25) is 0 Å². The summed E-state index contributed by atoms with van der Waals surface area (Å²) in [5, 5.41) is 4.49. The van der Waals surface area contributed by atoms with Gasteiger partial charge in [0, 0.05) is 5.41 Å². The van der Waals surface area contributed by atoms with Gasteiger partial charge in [-0.3, -0.25) is 0 Å². The second-order valence-electron chi connectivity index (χ2n) is 12.8. The molecule has 6 aromatic carbocycles. The first kappa shape index (κ1) is 32.7. The molecule has 1 heteroatoms. The Morgan fingerprint density at radius 2 is 0.574 bits per heavy atom. The maximum absolute atomic E-state index is 2.37. The highest BCUT2D eigenvalue weighted by atomic mass is 31.2. The molecular weight excluding hydrogens is 583 g/mol. The maximum atomic E-state index is 2.37. The van der Waals surface area contributed by atoms with Crippen molar-refractivity contribution >= 4 is 23.2 Å². The number of hydrogen-bond donors (Lipinski definition) is 0. The zero-order chi connectivity index (χ0) is 32.0. The van der Waals surface area contributed by atoms with E-state index in [9.17, 15) is 0 Å². The van der Waals surface area contributed by atoms with E-state index in [4.69, 9.17) is 0 Å². The molecule has 0 amide bonds.